The number of rotatable bonds is 5. The highest BCUT2D eigenvalue weighted by Gasteiger charge is 2.17. The van der Waals surface area contributed by atoms with Crippen LogP contribution < -0.4 is 0 Å². The Kier molecular flexibility index (Phi) is 4.44. The largest absolute Gasteiger partial charge is 0.492 e. The minimum atomic E-state index is -0.522. The summed E-state index contributed by atoms with van der Waals surface area (Å²) in [7, 11) is 0. The van der Waals surface area contributed by atoms with Crippen molar-refractivity contribution < 1.29 is 14.3 Å². The molecule has 0 amide bonds. The molecule has 1 aromatic rings. The Morgan fingerprint density at radius 3 is 2.31 bits per heavy atom. The van der Waals surface area contributed by atoms with Crippen LogP contribution in [-0.4, -0.2) is 29.2 Å². The molecule has 0 aliphatic heterocycles. The van der Waals surface area contributed by atoms with Gasteiger partial charge in [-0.05, 0) is 13.8 Å². The van der Waals surface area contributed by atoms with Gasteiger partial charge in [-0.3, -0.25) is 0 Å². The van der Waals surface area contributed by atoms with E-state index in [1.165, 1.54) is 12.4 Å². The van der Waals surface area contributed by atoms with Crippen molar-refractivity contribution in [1.29, 1.82) is 0 Å². The lowest BCUT2D eigenvalue weighted by molar-refractivity contribution is 0.0517. The zero-order valence-corrected chi connectivity index (χ0v) is 9.40. The van der Waals surface area contributed by atoms with E-state index in [0.29, 0.717) is 18.1 Å². The molecular weight excluding hydrogens is 208 g/mol. The number of esters is 1. The second-order valence-corrected chi connectivity index (χ2v) is 2.83. The Bertz CT molecular complexity index is 354. The van der Waals surface area contributed by atoms with Crippen LogP contribution in [0.15, 0.2) is 19.0 Å². The van der Waals surface area contributed by atoms with Crippen molar-refractivity contribution in [3.05, 3.63) is 30.4 Å². The predicted molar refractivity (Wildman–Crippen MR) is 58.6 cm³/mol. The lowest BCUT2D eigenvalue weighted by atomic mass is 10.2. The summed E-state index contributed by atoms with van der Waals surface area (Å²) in [6, 6.07) is 0. The van der Waals surface area contributed by atoms with Gasteiger partial charge in [-0.15, -0.1) is 0 Å². The van der Waals surface area contributed by atoms with Gasteiger partial charge in [0.2, 0.25) is 0 Å². The van der Waals surface area contributed by atoms with Crippen molar-refractivity contribution in [3.63, 3.8) is 0 Å². The Morgan fingerprint density at radius 1 is 1.19 bits per heavy atom. The van der Waals surface area contributed by atoms with Crippen molar-refractivity contribution in [2.75, 3.05) is 13.2 Å². The molecule has 0 saturated heterocycles. The van der Waals surface area contributed by atoms with Crippen LogP contribution >= 0.6 is 0 Å². The molecule has 0 bridgehead atoms. The summed E-state index contributed by atoms with van der Waals surface area (Å²) in [4.78, 5) is 19.5. The van der Waals surface area contributed by atoms with E-state index in [0.717, 1.165) is 0 Å². The first kappa shape index (κ1) is 12.2. The average Bonchev–Trinajstić information content (AvgIpc) is 2.30. The summed E-state index contributed by atoms with van der Waals surface area (Å²) in [5, 5.41) is 0. The van der Waals surface area contributed by atoms with Crippen molar-refractivity contribution in [1.82, 2.24) is 9.97 Å². The lowest BCUT2D eigenvalue weighted by Gasteiger charge is -2.09. The van der Waals surface area contributed by atoms with Crippen LogP contribution in [0.2, 0.25) is 0 Å². The molecule has 0 aromatic carbocycles. The molecule has 1 aromatic heterocycles. The first-order chi connectivity index (χ1) is 7.70. The number of ether oxygens (including phenoxy) is 2. The molecule has 0 radical (unpaired) electrons. The molecule has 0 atom stereocenters. The third-order valence-electron chi connectivity index (χ3n) is 1.75. The third kappa shape index (κ3) is 2.79. The van der Waals surface area contributed by atoms with E-state index < -0.39 is 5.97 Å². The van der Waals surface area contributed by atoms with E-state index in [-0.39, 0.29) is 12.3 Å². The number of hydrogen-bond acceptors (Lipinski definition) is 5. The Balaban J connectivity index is 3.00. The molecule has 0 aliphatic rings. The molecule has 1 rings (SSSR count). The second-order valence-electron chi connectivity index (χ2n) is 2.83. The van der Waals surface area contributed by atoms with Crippen LogP contribution in [0.4, 0.5) is 0 Å². The highest BCUT2D eigenvalue weighted by Crippen LogP contribution is 2.14. The fraction of sp³-hybridized carbons (Fsp3) is 0.364. The van der Waals surface area contributed by atoms with Gasteiger partial charge in [-0.25, -0.2) is 14.8 Å². The molecule has 5 heteroatoms. The summed E-state index contributed by atoms with van der Waals surface area (Å²) in [6.07, 6.45) is 2.90. The molecule has 0 fully saturated rings. The zero-order valence-electron chi connectivity index (χ0n) is 9.40. The van der Waals surface area contributed by atoms with Crippen LogP contribution in [0, 0.1) is 0 Å². The van der Waals surface area contributed by atoms with E-state index in [1.54, 1.807) is 6.92 Å². The van der Waals surface area contributed by atoms with Gasteiger partial charge >= 0.3 is 5.97 Å². The summed E-state index contributed by atoms with van der Waals surface area (Å²) in [5.41, 5.74) is 0.450. The second kappa shape index (κ2) is 5.85. The molecule has 0 unspecified atom stereocenters. The highest BCUT2D eigenvalue weighted by atomic mass is 16.5. The topological polar surface area (TPSA) is 61.3 Å². The van der Waals surface area contributed by atoms with Crippen LogP contribution in [0.25, 0.3) is 5.76 Å². The Labute approximate surface area is 94.1 Å². The lowest BCUT2D eigenvalue weighted by Crippen LogP contribution is -2.12. The first-order valence-electron chi connectivity index (χ1n) is 5.00. The van der Waals surface area contributed by atoms with Crippen LogP contribution in [0.5, 0.6) is 0 Å². The molecule has 0 spiro atoms. The Morgan fingerprint density at radius 2 is 1.75 bits per heavy atom. The maximum atomic E-state index is 11.6. The van der Waals surface area contributed by atoms with Crippen molar-refractivity contribution in [2.24, 2.45) is 0 Å². The minimum absolute atomic E-state index is 0.128. The van der Waals surface area contributed by atoms with E-state index >= 15 is 0 Å². The standard InChI is InChI=1S/C11H14N2O3/c1-4-15-8(3)9-10(11(14)16-5-2)13-7-6-12-9/h6-7H,3-5H2,1-2H3. The average molecular weight is 222 g/mol. The number of aromatic nitrogens is 2. The number of nitrogens with zero attached hydrogens (tertiary/aromatic N) is 2. The summed E-state index contributed by atoms with van der Waals surface area (Å²) in [5.74, 6) is -0.204. The molecule has 1 heterocycles. The highest BCUT2D eigenvalue weighted by molar-refractivity contribution is 5.91. The molecule has 0 N–H and O–H groups in total. The maximum Gasteiger partial charge on any atom is 0.359 e. The number of carbonyl (C=O) groups excluding carboxylic acids is 1. The molecule has 0 aliphatic carbocycles. The number of carbonyl (C=O) groups is 1. The summed E-state index contributed by atoms with van der Waals surface area (Å²) in [6.45, 7) is 7.98. The van der Waals surface area contributed by atoms with Crippen molar-refractivity contribution >= 4 is 11.7 Å². The van der Waals surface area contributed by atoms with E-state index in [2.05, 4.69) is 16.5 Å². The zero-order chi connectivity index (χ0) is 12.0. The monoisotopic (exact) mass is 222 g/mol. The molecule has 0 saturated carbocycles. The first-order valence-corrected chi connectivity index (χ1v) is 5.00. The van der Waals surface area contributed by atoms with Crippen LogP contribution in [0.1, 0.15) is 30.0 Å². The van der Waals surface area contributed by atoms with Crippen LogP contribution in [-0.2, 0) is 9.47 Å². The van der Waals surface area contributed by atoms with Gasteiger partial charge in [-0.2, -0.15) is 0 Å². The van der Waals surface area contributed by atoms with Gasteiger partial charge in [0.05, 0.1) is 13.2 Å². The summed E-state index contributed by atoms with van der Waals surface area (Å²) < 4.78 is 10.1. The van der Waals surface area contributed by atoms with Gasteiger partial charge in [0, 0.05) is 12.4 Å². The SMILES string of the molecule is C=C(OCC)c1nccnc1C(=O)OCC. The third-order valence-corrected chi connectivity index (χ3v) is 1.75. The normalized spacial score (nSPS) is 9.62. The maximum absolute atomic E-state index is 11.6. The summed E-state index contributed by atoms with van der Waals surface area (Å²) >= 11 is 0. The van der Waals surface area contributed by atoms with E-state index in [1.807, 2.05) is 6.92 Å². The molecule has 86 valence electrons. The fourth-order valence-corrected chi connectivity index (χ4v) is 1.13. The van der Waals surface area contributed by atoms with E-state index in [9.17, 15) is 4.79 Å². The molecule has 5 nitrogen and oxygen atoms in total. The Hall–Kier alpha value is -1.91. The van der Waals surface area contributed by atoms with Gasteiger partial charge in [0.25, 0.3) is 0 Å². The van der Waals surface area contributed by atoms with E-state index in [4.69, 9.17) is 9.47 Å². The minimum Gasteiger partial charge on any atom is -0.492 e. The predicted octanol–water partition coefficient (Wildman–Crippen LogP) is 1.66. The van der Waals surface area contributed by atoms with Crippen molar-refractivity contribution in [3.8, 4) is 0 Å². The van der Waals surface area contributed by atoms with Gasteiger partial charge in [0.1, 0.15) is 11.5 Å². The van der Waals surface area contributed by atoms with Crippen LogP contribution in [0.3, 0.4) is 0 Å². The fourth-order valence-electron chi connectivity index (χ4n) is 1.13. The van der Waals surface area contributed by atoms with Crippen molar-refractivity contribution in [2.45, 2.75) is 13.8 Å². The molecular formula is C11H14N2O3. The molecule has 16 heavy (non-hydrogen) atoms. The smallest absolute Gasteiger partial charge is 0.359 e. The van der Waals surface area contributed by atoms with Gasteiger partial charge in [0.15, 0.2) is 5.69 Å². The van der Waals surface area contributed by atoms with Gasteiger partial charge in [-0.1, -0.05) is 6.58 Å². The van der Waals surface area contributed by atoms with Gasteiger partial charge < -0.3 is 9.47 Å². The number of hydrogen-bond donors (Lipinski definition) is 0. The quantitative estimate of drug-likeness (QED) is 0.560.